The minimum atomic E-state index is -0.358. The molecule has 3 aliphatic rings. The van der Waals surface area contributed by atoms with Crippen LogP contribution in [0, 0.1) is 32.0 Å². The predicted molar refractivity (Wildman–Crippen MR) is 150 cm³/mol. The second kappa shape index (κ2) is 10.6. The summed E-state index contributed by atoms with van der Waals surface area (Å²) < 4.78 is 26.5. The van der Waals surface area contributed by atoms with Crippen LogP contribution in [0.1, 0.15) is 91.8 Å². The van der Waals surface area contributed by atoms with E-state index in [4.69, 9.17) is 9.47 Å². The van der Waals surface area contributed by atoms with Gasteiger partial charge < -0.3 is 14.4 Å². The van der Waals surface area contributed by atoms with Gasteiger partial charge in [0, 0.05) is 18.2 Å². The highest BCUT2D eigenvalue weighted by Gasteiger charge is 2.37. The number of hydrogen-bond donors (Lipinski definition) is 0. The zero-order chi connectivity index (χ0) is 28.1. The number of carbonyl (C=O) groups is 2. The molecule has 5 rings (SSSR count). The lowest BCUT2D eigenvalue weighted by Crippen LogP contribution is -2.46. The Morgan fingerprint density at radius 2 is 1.82 bits per heavy atom. The summed E-state index contributed by atoms with van der Waals surface area (Å²) in [6.07, 6.45) is 6.32. The van der Waals surface area contributed by atoms with Crippen molar-refractivity contribution in [3.05, 3.63) is 50.8 Å². The van der Waals surface area contributed by atoms with Gasteiger partial charge in [0.15, 0.2) is 11.6 Å². The van der Waals surface area contributed by atoms with Gasteiger partial charge in [0.05, 0.1) is 26.1 Å². The lowest BCUT2D eigenvalue weighted by molar-refractivity contribution is -0.142. The summed E-state index contributed by atoms with van der Waals surface area (Å²) in [4.78, 5) is 28.4. The number of nitrogens with zero attached hydrogens (tertiary/aromatic N) is 1. The van der Waals surface area contributed by atoms with Gasteiger partial charge in [-0.25, -0.2) is 4.39 Å². The van der Waals surface area contributed by atoms with E-state index in [9.17, 15) is 9.59 Å². The van der Waals surface area contributed by atoms with Crippen molar-refractivity contribution in [3.63, 3.8) is 0 Å². The molecule has 1 saturated carbocycles. The Morgan fingerprint density at radius 1 is 1.10 bits per heavy atom. The molecule has 0 radical (unpaired) electrons. The number of benzene rings is 2. The standard InChI is InChI=1S/C33H42FNO4/c1-7-38-30(37)17-26-20(3)24-16-29(36)35(22-10-12-33(5,6)13-11-22)18-27(24)21(4)31(26)25-15-28(34)32-23(19(25)2)9-8-14-39-32/h15,22H,7-14,16-18H2,1-6H3. The van der Waals surface area contributed by atoms with Crippen molar-refractivity contribution in [3.8, 4) is 16.9 Å². The Balaban J connectivity index is 1.65. The molecule has 0 spiro atoms. The predicted octanol–water partition coefficient (Wildman–Crippen LogP) is 6.70. The summed E-state index contributed by atoms with van der Waals surface area (Å²) in [5.41, 5.74) is 8.93. The quantitative estimate of drug-likeness (QED) is 0.400. The van der Waals surface area contributed by atoms with E-state index >= 15 is 4.39 Å². The summed E-state index contributed by atoms with van der Waals surface area (Å²) in [7, 11) is 0. The maximum absolute atomic E-state index is 15.4. The van der Waals surface area contributed by atoms with Crippen LogP contribution in [0.2, 0.25) is 0 Å². The summed E-state index contributed by atoms with van der Waals surface area (Å²) >= 11 is 0. The number of halogens is 1. The molecule has 0 N–H and O–H groups in total. The number of esters is 1. The largest absolute Gasteiger partial charge is 0.490 e. The van der Waals surface area contributed by atoms with Crippen molar-refractivity contribution in [2.45, 2.75) is 105 Å². The lowest BCUT2D eigenvalue weighted by atomic mass is 9.74. The monoisotopic (exact) mass is 535 g/mol. The van der Waals surface area contributed by atoms with Crippen LogP contribution < -0.4 is 4.74 Å². The summed E-state index contributed by atoms with van der Waals surface area (Å²) in [6.45, 7) is 13.9. The molecule has 1 fully saturated rings. The Kier molecular flexibility index (Phi) is 7.51. The molecule has 1 aliphatic carbocycles. The molecule has 2 aromatic rings. The third-order valence-electron chi connectivity index (χ3n) is 9.46. The van der Waals surface area contributed by atoms with Gasteiger partial charge in [-0.05, 0) is 122 Å². The fraction of sp³-hybridized carbons (Fsp3) is 0.576. The van der Waals surface area contributed by atoms with Crippen molar-refractivity contribution in [2.24, 2.45) is 5.41 Å². The van der Waals surface area contributed by atoms with Gasteiger partial charge >= 0.3 is 5.97 Å². The first kappa shape index (κ1) is 27.7. The molecular formula is C33H42FNO4. The average molecular weight is 536 g/mol. The second-order valence-electron chi connectivity index (χ2n) is 12.4. The van der Waals surface area contributed by atoms with E-state index in [1.165, 1.54) is 0 Å². The van der Waals surface area contributed by atoms with Gasteiger partial charge in [0.2, 0.25) is 5.91 Å². The fourth-order valence-electron chi connectivity index (χ4n) is 7.05. The molecular weight excluding hydrogens is 493 g/mol. The minimum absolute atomic E-state index is 0.0907. The zero-order valence-electron chi connectivity index (χ0n) is 24.4. The number of hydrogen-bond acceptors (Lipinski definition) is 4. The minimum Gasteiger partial charge on any atom is -0.490 e. The van der Waals surface area contributed by atoms with E-state index in [2.05, 4.69) is 25.7 Å². The average Bonchev–Trinajstić information content (AvgIpc) is 2.90. The molecule has 2 aliphatic heterocycles. The molecule has 210 valence electrons. The molecule has 2 heterocycles. The van der Waals surface area contributed by atoms with E-state index < -0.39 is 0 Å². The third-order valence-corrected chi connectivity index (χ3v) is 9.46. The molecule has 0 saturated heterocycles. The Morgan fingerprint density at radius 3 is 2.51 bits per heavy atom. The molecule has 0 aromatic heterocycles. The molecule has 2 aromatic carbocycles. The van der Waals surface area contributed by atoms with Crippen LogP contribution in [-0.4, -0.2) is 36.0 Å². The van der Waals surface area contributed by atoms with E-state index in [0.717, 1.165) is 88.6 Å². The maximum atomic E-state index is 15.4. The van der Waals surface area contributed by atoms with Crippen LogP contribution >= 0.6 is 0 Å². The first-order valence-corrected chi connectivity index (χ1v) is 14.6. The van der Waals surface area contributed by atoms with E-state index in [1.54, 1.807) is 13.0 Å². The second-order valence-corrected chi connectivity index (χ2v) is 12.4. The number of fused-ring (bicyclic) bond motifs is 2. The van der Waals surface area contributed by atoms with E-state index in [1.807, 2.05) is 13.8 Å². The highest BCUT2D eigenvalue weighted by Crippen LogP contribution is 2.45. The normalized spacial score (nSPS) is 18.8. The van der Waals surface area contributed by atoms with Crippen LogP contribution in [0.4, 0.5) is 4.39 Å². The van der Waals surface area contributed by atoms with Gasteiger partial charge in [-0.1, -0.05) is 13.8 Å². The molecule has 39 heavy (non-hydrogen) atoms. The number of ether oxygens (including phenoxy) is 2. The Bertz CT molecular complexity index is 1320. The lowest BCUT2D eigenvalue weighted by Gasteiger charge is -2.43. The van der Waals surface area contributed by atoms with E-state index in [-0.39, 0.29) is 30.2 Å². The maximum Gasteiger partial charge on any atom is 0.310 e. The highest BCUT2D eigenvalue weighted by atomic mass is 19.1. The molecule has 6 heteroatoms. The number of carbonyl (C=O) groups excluding carboxylic acids is 2. The molecule has 0 unspecified atom stereocenters. The Labute approximate surface area is 232 Å². The highest BCUT2D eigenvalue weighted by molar-refractivity contribution is 5.88. The topological polar surface area (TPSA) is 55.8 Å². The van der Waals surface area contributed by atoms with Crippen molar-refractivity contribution < 1.29 is 23.5 Å². The fourth-order valence-corrected chi connectivity index (χ4v) is 7.05. The summed E-state index contributed by atoms with van der Waals surface area (Å²) in [5.74, 6) is -0.144. The van der Waals surface area contributed by atoms with Gasteiger partial charge in [-0.3, -0.25) is 9.59 Å². The molecule has 5 nitrogen and oxygen atoms in total. The molecule has 0 atom stereocenters. The van der Waals surface area contributed by atoms with E-state index in [0.29, 0.717) is 37.3 Å². The summed E-state index contributed by atoms with van der Waals surface area (Å²) in [6, 6.07) is 1.83. The first-order chi connectivity index (χ1) is 18.5. The van der Waals surface area contributed by atoms with Gasteiger partial charge in [-0.15, -0.1) is 0 Å². The SMILES string of the molecule is CCOC(=O)Cc1c(C)c2c(c(C)c1-c1cc(F)c3c(c1C)CCCO3)CN(C1CCC(C)(C)CC1)C(=O)C2. The smallest absolute Gasteiger partial charge is 0.310 e. The summed E-state index contributed by atoms with van der Waals surface area (Å²) in [5, 5.41) is 0. The van der Waals surface area contributed by atoms with Gasteiger partial charge in [0.25, 0.3) is 0 Å². The van der Waals surface area contributed by atoms with Crippen molar-refractivity contribution in [1.82, 2.24) is 4.90 Å². The van der Waals surface area contributed by atoms with Crippen LogP contribution in [0.3, 0.4) is 0 Å². The number of amides is 1. The van der Waals surface area contributed by atoms with Crippen molar-refractivity contribution in [1.29, 1.82) is 0 Å². The molecule has 0 bridgehead atoms. The van der Waals surface area contributed by atoms with Gasteiger partial charge in [0.1, 0.15) is 0 Å². The first-order valence-electron chi connectivity index (χ1n) is 14.6. The van der Waals surface area contributed by atoms with Gasteiger partial charge in [-0.2, -0.15) is 0 Å². The number of rotatable bonds is 5. The van der Waals surface area contributed by atoms with Crippen LogP contribution in [-0.2, 0) is 40.1 Å². The Hall–Kier alpha value is -2.89. The van der Waals surface area contributed by atoms with Crippen molar-refractivity contribution in [2.75, 3.05) is 13.2 Å². The van der Waals surface area contributed by atoms with Crippen LogP contribution in [0.25, 0.3) is 11.1 Å². The van der Waals surface area contributed by atoms with Crippen molar-refractivity contribution >= 4 is 11.9 Å². The third kappa shape index (κ3) is 5.07. The zero-order valence-corrected chi connectivity index (χ0v) is 24.4. The van der Waals surface area contributed by atoms with Crippen LogP contribution in [0.5, 0.6) is 5.75 Å². The van der Waals surface area contributed by atoms with Crippen LogP contribution in [0.15, 0.2) is 6.07 Å². The molecule has 1 amide bonds.